The second-order valence-corrected chi connectivity index (χ2v) is 8.08. The second kappa shape index (κ2) is 7.99. The average molecular weight is 360 g/mol. The summed E-state index contributed by atoms with van der Waals surface area (Å²) in [7, 11) is 0. The van der Waals surface area contributed by atoms with E-state index in [4.69, 9.17) is 4.98 Å². The molecule has 3 heteroatoms. The number of aromatic nitrogens is 3. The van der Waals surface area contributed by atoms with Gasteiger partial charge in [0, 0.05) is 12.4 Å². The van der Waals surface area contributed by atoms with Crippen LogP contribution in [0.3, 0.4) is 0 Å². The number of hydrogen-bond acceptors (Lipinski definition) is 3. The summed E-state index contributed by atoms with van der Waals surface area (Å²) in [6, 6.07) is 12.8. The van der Waals surface area contributed by atoms with Crippen molar-refractivity contribution in [2.45, 2.75) is 59.3 Å². The number of pyridine rings is 3. The smallest absolute Gasteiger partial charge is 0.0897 e. The van der Waals surface area contributed by atoms with Crippen LogP contribution in [-0.2, 0) is 0 Å². The first-order chi connectivity index (χ1) is 12.8. The van der Waals surface area contributed by atoms with Gasteiger partial charge >= 0.3 is 0 Å². The molecule has 140 valence electrons. The summed E-state index contributed by atoms with van der Waals surface area (Å²) in [5.74, 6) is 1.33. The molecule has 0 spiro atoms. The molecule has 3 aromatic heterocycles. The summed E-state index contributed by atoms with van der Waals surface area (Å²) < 4.78 is 0. The maximum atomic E-state index is 4.93. The summed E-state index contributed by atoms with van der Waals surface area (Å²) in [5.41, 5.74) is 7.47. The summed E-state index contributed by atoms with van der Waals surface area (Å²) in [6.07, 6.45) is 3.76. The molecule has 3 aromatic rings. The average Bonchev–Trinajstić information content (AvgIpc) is 2.67. The summed E-state index contributed by atoms with van der Waals surface area (Å²) in [4.78, 5) is 14.1. The maximum Gasteiger partial charge on any atom is 0.0897 e. The summed E-state index contributed by atoms with van der Waals surface area (Å²) >= 11 is 0. The Morgan fingerprint density at radius 2 is 0.889 bits per heavy atom. The van der Waals surface area contributed by atoms with Gasteiger partial charge in [-0.3, -0.25) is 9.97 Å². The minimum atomic E-state index is 0.409. The minimum absolute atomic E-state index is 0.409. The van der Waals surface area contributed by atoms with Crippen molar-refractivity contribution in [3.05, 3.63) is 65.5 Å². The van der Waals surface area contributed by atoms with E-state index in [1.54, 1.807) is 0 Å². The highest BCUT2D eigenvalue weighted by Crippen LogP contribution is 2.29. The molecule has 3 nitrogen and oxygen atoms in total. The molecule has 0 N–H and O–H groups in total. The van der Waals surface area contributed by atoms with Gasteiger partial charge in [0.25, 0.3) is 0 Å². The van der Waals surface area contributed by atoms with Crippen molar-refractivity contribution in [3.8, 4) is 22.8 Å². The van der Waals surface area contributed by atoms with E-state index in [9.17, 15) is 0 Å². The lowest BCUT2D eigenvalue weighted by Crippen LogP contribution is -1.99. The molecule has 0 aliphatic rings. The van der Waals surface area contributed by atoms with Crippen LogP contribution < -0.4 is 0 Å². The molecule has 0 amide bonds. The molecule has 0 bridgehead atoms. The molecule has 27 heavy (non-hydrogen) atoms. The SMILES string of the molecule is CC(C)c1ccnc(-c2cc(C(C)C)cc(-c3cc(C(C)C)ccn3)n2)c1. The third kappa shape index (κ3) is 4.41. The van der Waals surface area contributed by atoms with Gasteiger partial charge in [0.2, 0.25) is 0 Å². The highest BCUT2D eigenvalue weighted by atomic mass is 14.8. The first kappa shape index (κ1) is 19.2. The van der Waals surface area contributed by atoms with Crippen molar-refractivity contribution in [1.29, 1.82) is 0 Å². The van der Waals surface area contributed by atoms with E-state index in [0.717, 1.165) is 22.8 Å². The molecule has 0 saturated carbocycles. The van der Waals surface area contributed by atoms with Crippen molar-refractivity contribution in [2.75, 3.05) is 0 Å². The first-order valence-corrected chi connectivity index (χ1v) is 9.79. The van der Waals surface area contributed by atoms with Gasteiger partial charge in [0.1, 0.15) is 0 Å². The summed E-state index contributed by atoms with van der Waals surface area (Å²) in [5, 5.41) is 0. The fraction of sp³-hybridized carbons (Fsp3) is 0.375. The van der Waals surface area contributed by atoms with Crippen LogP contribution in [0.25, 0.3) is 22.8 Å². The zero-order valence-electron chi connectivity index (χ0n) is 17.2. The number of nitrogens with zero attached hydrogens (tertiary/aromatic N) is 3. The van der Waals surface area contributed by atoms with E-state index in [-0.39, 0.29) is 0 Å². The van der Waals surface area contributed by atoms with Crippen molar-refractivity contribution < 1.29 is 0 Å². The standard InChI is InChI=1S/C24H29N3/c1-15(2)18-7-9-25-21(11-18)23-13-20(17(5)6)14-24(27-23)22-12-19(16(3)4)8-10-26-22/h7-17H,1-6H3. The molecule has 3 heterocycles. The molecule has 0 radical (unpaired) electrons. The van der Waals surface area contributed by atoms with Crippen LogP contribution in [0.2, 0.25) is 0 Å². The number of rotatable bonds is 5. The lowest BCUT2D eigenvalue weighted by atomic mass is 9.98. The lowest BCUT2D eigenvalue weighted by Gasteiger charge is -2.13. The normalized spacial score (nSPS) is 11.6. The van der Waals surface area contributed by atoms with Crippen LogP contribution in [0.15, 0.2) is 48.8 Å². The fourth-order valence-electron chi connectivity index (χ4n) is 3.04. The molecule has 0 unspecified atom stereocenters. The van der Waals surface area contributed by atoms with Gasteiger partial charge in [-0.15, -0.1) is 0 Å². The van der Waals surface area contributed by atoms with Gasteiger partial charge in [-0.1, -0.05) is 41.5 Å². The minimum Gasteiger partial charge on any atom is -0.255 e. The van der Waals surface area contributed by atoms with Crippen LogP contribution in [-0.4, -0.2) is 15.0 Å². The van der Waals surface area contributed by atoms with Gasteiger partial charge in [0.15, 0.2) is 0 Å². The maximum absolute atomic E-state index is 4.93. The Kier molecular flexibility index (Phi) is 5.69. The van der Waals surface area contributed by atoms with Crippen LogP contribution in [0.4, 0.5) is 0 Å². The quantitative estimate of drug-likeness (QED) is 0.517. The molecule has 0 aromatic carbocycles. The van der Waals surface area contributed by atoms with E-state index in [1.807, 2.05) is 12.4 Å². The lowest BCUT2D eigenvalue weighted by molar-refractivity contribution is 0.858. The van der Waals surface area contributed by atoms with E-state index >= 15 is 0 Å². The van der Waals surface area contributed by atoms with E-state index in [0.29, 0.717) is 17.8 Å². The Labute approximate surface area is 162 Å². The highest BCUT2D eigenvalue weighted by Gasteiger charge is 2.13. The molecule has 0 fully saturated rings. The monoisotopic (exact) mass is 359 g/mol. The van der Waals surface area contributed by atoms with Crippen molar-refractivity contribution >= 4 is 0 Å². The zero-order valence-corrected chi connectivity index (χ0v) is 17.2. The zero-order chi connectivity index (χ0) is 19.6. The molecular weight excluding hydrogens is 330 g/mol. The van der Waals surface area contributed by atoms with E-state index in [1.165, 1.54) is 16.7 Å². The van der Waals surface area contributed by atoms with Crippen LogP contribution >= 0.6 is 0 Å². The van der Waals surface area contributed by atoms with Gasteiger partial charge in [-0.2, -0.15) is 0 Å². The molecule has 0 atom stereocenters. The molecule has 0 aliphatic carbocycles. The van der Waals surface area contributed by atoms with E-state index in [2.05, 4.69) is 87.9 Å². The van der Waals surface area contributed by atoms with Crippen LogP contribution in [0.1, 0.15) is 76.0 Å². The Morgan fingerprint density at radius 1 is 0.519 bits per heavy atom. The van der Waals surface area contributed by atoms with Gasteiger partial charge in [-0.25, -0.2) is 4.98 Å². The van der Waals surface area contributed by atoms with Gasteiger partial charge < -0.3 is 0 Å². The van der Waals surface area contributed by atoms with Gasteiger partial charge in [-0.05, 0) is 70.8 Å². The highest BCUT2D eigenvalue weighted by molar-refractivity contribution is 5.64. The summed E-state index contributed by atoms with van der Waals surface area (Å²) in [6.45, 7) is 13.2. The Hall–Kier alpha value is -2.55. The topological polar surface area (TPSA) is 38.7 Å². The third-order valence-corrected chi connectivity index (χ3v) is 4.94. The predicted molar refractivity (Wildman–Crippen MR) is 113 cm³/mol. The Balaban J connectivity index is 2.14. The molecular formula is C24H29N3. The molecule has 0 aliphatic heterocycles. The molecule has 0 saturated heterocycles. The van der Waals surface area contributed by atoms with E-state index < -0.39 is 0 Å². The number of hydrogen-bond donors (Lipinski definition) is 0. The largest absolute Gasteiger partial charge is 0.255 e. The van der Waals surface area contributed by atoms with Crippen LogP contribution in [0, 0.1) is 0 Å². The second-order valence-electron chi connectivity index (χ2n) is 8.08. The first-order valence-electron chi connectivity index (χ1n) is 9.79. The van der Waals surface area contributed by atoms with Crippen LogP contribution in [0.5, 0.6) is 0 Å². The predicted octanol–water partition coefficient (Wildman–Crippen LogP) is 6.58. The Morgan fingerprint density at radius 3 is 1.26 bits per heavy atom. The molecule has 3 rings (SSSR count). The third-order valence-electron chi connectivity index (χ3n) is 4.94. The Bertz CT molecular complexity index is 857. The van der Waals surface area contributed by atoms with Crippen molar-refractivity contribution in [1.82, 2.24) is 15.0 Å². The van der Waals surface area contributed by atoms with Gasteiger partial charge in [0.05, 0.1) is 22.8 Å². The fourth-order valence-corrected chi connectivity index (χ4v) is 3.04. The van der Waals surface area contributed by atoms with Crippen molar-refractivity contribution in [3.63, 3.8) is 0 Å². The van der Waals surface area contributed by atoms with Crippen molar-refractivity contribution in [2.24, 2.45) is 0 Å².